The minimum absolute atomic E-state index is 0.870. The Kier molecular flexibility index (Phi) is 7.44. The van der Waals surface area contributed by atoms with Crippen LogP contribution in [0.5, 0.6) is 0 Å². The number of fused-ring (bicyclic) bond motifs is 3. The van der Waals surface area contributed by atoms with Gasteiger partial charge in [0.2, 0.25) is 0 Å². The molecule has 8 rings (SSSR count). The lowest BCUT2D eigenvalue weighted by molar-refractivity contribution is 0.908. The van der Waals surface area contributed by atoms with Gasteiger partial charge in [0.05, 0.1) is 11.0 Å². The van der Waals surface area contributed by atoms with Gasteiger partial charge in [-0.2, -0.15) is 0 Å². The van der Waals surface area contributed by atoms with E-state index in [0.29, 0.717) is 0 Å². The van der Waals surface area contributed by atoms with Gasteiger partial charge in [0, 0.05) is 12.1 Å². The Balaban J connectivity index is 1.38. The lowest BCUT2D eigenvalue weighted by Gasteiger charge is -2.24. The van der Waals surface area contributed by atoms with E-state index in [1.807, 2.05) is 0 Å². The van der Waals surface area contributed by atoms with Gasteiger partial charge in [-0.05, 0) is 79.2 Å². The third-order valence-corrected chi connectivity index (χ3v) is 10.8. The van der Waals surface area contributed by atoms with E-state index in [1.54, 1.807) is 0 Å². The maximum absolute atomic E-state index is 4.92. The Hall–Kier alpha value is -5.15. The van der Waals surface area contributed by atoms with Crippen molar-refractivity contribution in [1.82, 2.24) is 9.55 Å². The lowest BCUT2D eigenvalue weighted by Crippen LogP contribution is -2.55. The molecule has 0 aliphatic rings. The summed E-state index contributed by atoms with van der Waals surface area (Å²) in [5.41, 5.74) is 17.9. The zero-order valence-corrected chi connectivity index (χ0v) is 28.6. The molecule has 0 saturated heterocycles. The summed E-state index contributed by atoms with van der Waals surface area (Å²) < 4.78 is 2.30. The predicted molar refractivity (Wildman–Crippen MR) is 223 cm³/mol. The number of hydrogen-bond donors (Lipinski definition) is 0. The van der Waals surface area contributed by atoms with E-state index >= 15 is 0 Å². The molecule has 0 bridgehead atoms. The summed E-state index contributed by atoms with van der Waals surface area (Å²) in [6, 6.07) is 44.5. The molecule has 0 N–H and O–H groups in total. The summed E-state index contributed by atoms with van der Waals surface area (Å²) in [6.45, 7) is 2.17. The van der Waals surface area contributed by atoms with Gasteiger partial charge in [0.25, 0.3) is 0 Å². The van der Waals surface area contributed by atoms with Crippen LogP contribution >= 0.6 is 0 Å². The summed E-state index contributed by atoms with van der Waals surface area (Å²) in [7, 11) is 11.4. The summed E-state index contributed by atoms with van der Waals surface area (Å²) in [6.07, 6.45) is 0.870. The first-order chi connectivity index (χ1) is 23.4. The second-order valence-corrected chi connectivity index (χ2v) is 13.1. The highest BCUT2D eigenvalue weighted by Crippen LogP contribution is 2.45. The molecule has 1 heterocycles. The Labute approximate surface area is 287 Å². The van der Waals surface area contributed by atoms with E-state index < -0.39 is 0 Å². The van der Waals surface area contributed by atoms with Crippen molar-refractivity contribution in [3.8, 4) is 39.1 Å². The van der Waals surface area contributed by atoms with Crippen LogP contribution in [0.1, 0.15) is 12.7 Å². The number of benzene rings is 7. The minimum atomic E-state index is 0.870. The number of rotatable bonds is 5. The van der Waals surface area contributed by atoms with Crippen molar-refractivity contribution >= 4 is 99.1 Å². The molecular weight excluding hydrogens is 575 g/mol. The van der Waals surface area contributed by atoms with Crippen molar-refractivity contribution in [2.75, 3.05) is 0 Å². The van der Waals surface area contributed by atoms with E-state index in [9.17, 15) is 0 Å². The fourth-order valence-electron chi connectivity index (χ4n) is 7.93. The number of nitrogens with zero attached hydrogens (tertiary/aromatic N) is 2. The maximum atomic E-state index is 4.92. The Morgan fingerprint density at radius 2 is 0.938 bits per heavy atom. The normalized spacial score (nSPS) is 11.5. The third kappa shape index (κ3) is 4.59. The quantitative estimate of drug-likeness (QED) is 0.216. The highest BCUT2D eigenvalue weighted by molar-refractivity contribution is 6.68. The Bertz CT molecular complexity index is 2470. The first kappa shape index (κ1) is 30.2. The zero-order chi connectivity index (χ0) is 33.1. The second kappa shape index (κ2) is 11.8. The number of aryl methyl sites for hydroxylation is 1. The van der Waals surface area contributed by atoms with Crippen molar-refractivity contribution in [3.05, 3.63) is 127 Å². The van der Waals surface area contributed by atoms with E-state index in [0.717, 1.165) is 29.0 Å². The first-order valence-electron chi connectivity index (χ1n) is 17.1. The molecule has 0 fully saturated rings. The zero-order valence-electron chi connectivity index (χ0n) is 28.6. The van der Waals surface area contributed by atoms with Crippen LogP contribution in [-0.4, -0.2) is 48.8 Å². The van der Waals surface area contributed by atoms with Gasteiger partial charge in [-0.15, -0.1) is 16.4 Å². The summed E-state index contributed by atoms with van der Waals surface area (Å²) in [5, 5.41) is 5.07. The molecule has 8 aromatic rings. The van der Waals surface area contributed by atoms with Crippen LogP contribution in [0.2, 0.25) is 0 Å². The molecule has 0 amide bonds. The number of aromatic nitrogens is 2. The monoisotopic (exact) mass is 610 g/mol. The molecule has 0 atom stereocenters. The molecule has 2 nitrogen and oxygen atoms in total. The third-order valence-electron chi connectivity index (χ3n) is 10.8. The molecule has 224 valence electrons. The first-order valence-corrected chi connectivity index (χ1v) is 17.1. The van der Waals surface area contributed by atoms with E-state index in [1.165, 1.54) is 82.2 Å². The fourth-order valence-corrected chi connectivity index (χ4v) is 7.93. The lowest BCUT2D eigenvalue weighted by atomic mass is 9.59. The van der Waals surface area contributed by atoms with Gasteiger partial charge in [-0.25, -0.2) is 4.98 Å². The minimum Gasteiger partial charge on any atom is -0.296 e. The average molecular weight is 610 g/mol. The number of imidazole rings is 1. The number of hydrogen-bond acceptors (Lipinski definition) is 1. The standard InChI is InChI=1S/C41H35B5N2/c1-2-33-47-31-17-9-10-18-32(31)48(33)24-21-19-23(20-22-24)34-25-11-3-5-13-27(25)35(28-14-6-4-12-26(28)34)29-15-7-8-16-30(29)36-37(42)39(44)41(46)40(45)38(36)43/h3-22H,2,42-46H2,1H3. The predicted octanol–water partition coefficient (Wildman–Crippen LogP) is 2.19. The van der Waals surface area contributed by atoms with Crippen molar-refractivity contribution in [2.24, 2.45) is 0 Å². The fraction of sp³-hybridized carbons (Fsp3) is 0.0488. The molecule has 1 aromatic heterocycles. The Morgan fingerprint density at radius 1 is 0.479 bits per heavy atom. The van der Waals surface area contributed by atoms with Crippen LogP contribution in [0, 0.1) is 0 Å². The van der Waals surface area contributed by atoms with Crippen LogP contribution in [0.15, 0.2) is 121 Å². The average Bonchev–Trinajstić information content (AvgIpc) is 3.51. The van der Waals surface area contributed by atoms with Crippen LogP contribution in [0.25, 0.3) is 71.6 Å². The molecule has 48 heavy (non-hydrogen) atoms. The van der Waals surface area contributed by atoms with E-state index in [4.69, 9.17) is 4.98 Å². The molecule has 0 saturated carbocycles. The maximum Gasteiger partial charge on any atom is 0.139 e. The van der Waals surface area contributed by atoms with Crippen molar-refractivity contribution in [2.45, 2.75) is 13.3 Å². The molecule has 0 aliphatic heterocycles. The molecule has 0 aliphatic carbocycles. The van der Waals surface area contributed by atoms with Gasteiger partial charge in [-0.3, -0.25) is 4.57 Å². The van der Waals surface area contributed by atoms with Crippen LogP contribution < -0.4 is 27.3 Å². The molecule has 7 aromatic carbocycles. The van der Waals surface area contributed by atoms with Crippen molar-refractivity contribution in [1.29, 1.82) is 0 Å². The van der Waals surface area contributed by atoms with E-state index in [2.05, 4.69) is 172 Å². The number of para-hydroxylation sites is 2. The highest BCUT2D eigenvalue weighted by Gasteiger charge is 2.21. The van der Waals surface area contributed by atoms with Crippen LogP contribution in [0.3, 0.4) is 0 Å². The van der Waals surface area contributed by atoms with Crippen LogP contribution in [-0.2, 0) is 6.42 Å². The van der Waals surface area contributed by atoms with E-state index in [-0.39, 0.29) is 0 Å². The van der Waals surface area contributed by atoms with Gasteiger partial charge in [-0.1, -0.05) is 115 Å². The second-order valence-electron chi connectivity index (χ2n) is 13.1. The van der Waals surface area contributed by atoms with Crippen LogP contribution in [0.4, 0.5) is 0 Å². The summed E-state index contributed by atoms with van der Waals surface area (Å²) in [5.74, 6) is 1.08. The molecular formula is C41H35B5N2. The van der Waals surface area contributed by atoms with Crippen molar-refractivity contribution < 1.29 is 0 Å². The Morgan fingerprint density at radius 3 is 1.50 bits per heavy atom. The largest absolute Gasteiger partial charge is 0.296 e. The summed E-state index contributed by atoms with van der Waals surface area (Å²) in [4.78, 5) is 4.92. The van der Waals surface area contributed by atoms with Gasteiger partial charge in [0.15, 0.2) is 0 Å². The smallest absolute Gasteiger partial charge is 0.139 e. The summed E-state index contributed by atoms with van der Waals surface area (Å²) >= 11 is 0. The van der Waals surface area contributed by atoms with Gasteiger partial charge < -0.3 is 0 Å². The molecule has 0 unspecified atom stereocenters. The SMILES string of the molecule is Bc1c(B)c(B)c(-c2ccccc2-c2c3ccccc3c(-c3ccc(-n4c(CC)nc5ccccc54)cc3)c3ccccc23)c(B)c1B. The molecule has 0 spiro atoms. The van der Waals surface area contributed by atoms with Gasteiger partial charge in [0.1, 0.15) is 45.1 Å². The highest BCUT2D eigenvalue weighted by atomic mass is 15.1. The molecule has 7 heteroatoms. The topological polar surface area (TPSA) is 17.8 Å². The van der Waals surface area contributed by atoms with Crippen molar-refractivity contribution in [3.63, 3.8) is 0 Å². The molecule has 0 radical (unpaired) electrons. The van der Waals surface area contributed by atoms with Gasteiger partial charge >= 0.3 is 0 Å².